The molecule has 0 aliphatic rings. The molecule has 0 saturated heterocycles. The summed E-state index contributed by atoms with van der Waals surface area (Å²) in [6, 6.07) is 8.68. The van der Waals surface area contributed by atoms with Gasteiger partial charge in [-0.3, -0.25) is 4.79 Å². The standard InChI is InChI=1S/C15H21N3O3/c1-3-18(2)15(20)10-17-9-13(19)11-21-14-6-4-12(8-16)5-7-14/h4-7,13,17,19H,3,9-11H2,1-2H3. The first-order valence-corrected chi connectivity index (χ1v) is 6.82. The number of aliphatic hydroxyl groups excluding tert-OH is 1. The smallest absolute Gasteiger partial charge is 0.236 e. The van der Waals surface area contributed by atoms with E-state index in [0.717, 1.165) is 0 Å². The summed E-state index contributed by atoms with van der Waals surface area (Å²) in [6.07, 6.45) is -0.708. The molecule has 1 atom stereocenters. The molecule has 0 saturated carbocycles. The van der Waals surface area contributed by atoms with Crippen LogP contribution in [0.3, 0.4) is 0 Å². The zero-order chi connectivity index (χ0) is 15.7. The Bertz CT molecular complexity index is 482. The number of hydrogen-bond donors (Lipinski definition) is 2. The van der Waals surface area contributed by atoms with Crippen LogP contribution in [0.2, 0.25) is 0 Å². The second-order valence-electron chi connectivity index (χ2n) is 4.64. The topological polar surface area (TPSA) is 85.6 Å². The van der Waals surface area contributed by atoms with Crippen LogP contribution < -0.4 is 10.1 Å². The van der Waals surface area contributed by atoms with Crippen molar-refractivity contribution < 1.29 is 14.6 Å². The van der Waals surface area contributed by atoms with Crippen molar-refractivity contribution in [3.63, 3.8) is 0 Å². The van der Waals surface area contributed by atoms with Crippen molar-refractivity contribution >= 4 is 5.91 Å². The average molecular weight is 291 g/mol. The number of nitrogens with one attached hydrogen (secondary N) is 1. The van der Waals surface area contributed by atoms with Gasteiger partial charge in [-0.2, -0.15) is 5.26 Å². The molecule has 6 nitrogen and oxygen atoms in total. The Morgan fingerprint density at radius 2 is 2.14 bits per heavy atom. The number of ether oxygens (including phenoxy) is 1. The summed E-state index contributed by atoms with van der Waals surface area (Å²) >= 11 is 0. The summed E-state index contributed by atoms with van der Waals surface area (Å²) in [4.78, 5) is 13.1. The van der Waals surface area contributed by atoms with Crippen molar-refractivity contribution in [2.24, 2.45) is 0 Å². The summed E-state index contributed by atoms with van der Waals surface area (Å²) in [6.45, 7) is 3.15. The van der Waals surface area contributed by atoms with Crippen molar-refractivity contribution in [2.45, 2.75) is 13.0 Å². The fraction of sp³-hybridized carbons (Fsp3) is 0.467. The lowest BCUT2D eigenvalue weighted by Gasteiger charge is -2.16. The number of benzene rings is 1. The SMILES string of the molecule is CCN(C)C(=O)CNCC(O)COc1ccc(C#N)cc1. The van der Waals surface area contributed by atoms with E-state index in [1.54, 1.807) is 36.2 Å². The van der Waals surface area contributed by atoms with Gasteiger partial charge in [-0.25, -0.2) is 0 Å². The van der Waals surface area contributed by atoms with E-state index in [1.165, 1.54) is 0 Å². The molecule has 0 bridgehead atoms. The molecule has 0 fully saturated rings. The summed E-state index contributed by atoms with van der Waals surface area (Å²) in [5.41, 5.74) is 0.558. The largest absolute Gasteiger partial charge is 0.491 e. The first kappa shape index (κ1) is 17.0. The summed E-state index contributed by atoms with van der Waals surface area (Å²) in [5.74, 6) is 0.576. The van der Waals surface area contributed by atoms with Crippen LogP contribution in [0.4, 0.5) is 0 Å². The van der Waals surface area contributed by atoms with Gasteiger partial charge in [-0.15, -0.1) is 0 Å². The van der Waals surface area contributed by atoms with Crippen LogP contribution in [0.5, 0.6) is 5.75 Å². The van der Waals surface area contributed by atoms with E-state index >= 15 is 0 Å². The Labute approximate surface area is 124 Å². The Hall–Kier alpha value is -2.10. The third-order valence-corrected chi connectivity index (χ3v) is 2.98. The van der Waals surface area contributed by atoms with Gasteiger partial charge in [0, 0.05) is 20.1 Å². The zero-order valence-electron chi connectivity index (χ0n) is 12.4. The van der Waals surface area contributed by atoms with Crippen molar-refractivity contribution in [1.82, 2.24) is 10.2 Å². The Morgan fingerprint density at radius 1 is 1.48 bits per heavy atom. The molecule has 1 aromatic carbocycles. The highest BCUT2D eigenvalue weighted by Crippen LogP contribution is 2.11. The van der Waals surface area contributed by atoms with E-state index in [4.69, 9.17) is 10.00 Å². The monoisotopic (exact) mass is 291 g/mol. The number of rotatable bonds is 8. The van der Waals surface area contributed by atoms with Gasteiger partial charge >= 0.3 is 0 Å². The van der Waals surface area contributed by atoms with Crippen LogP contribution in [0.1, 0.15) is 12.5 Å². The summed E-state index contributed by atoms with van der Waals surface area (Å²) < 4.78 is 5.40. The second kappa shape index (κ2) is 8.95. The number of aliphatic hydroxyl groups is 1. The maximum absolute atomic E-state index is 11.5. The molecular weight excluding hydrogens is 270 g/mol. The molecule has 1 rings (SSSR count). The minimum Gasteiger partial charge on any atom is -0.491 e. The van der Waals surface area contributed by atoms with Crippen LogP contribution >= 0.6 is 0 Å². The zero-order valence-corrected chi connectivity index (χ0v) is 12.4. The lowest BCUT2D eigenvalue weighted by Crippen LogP contribution is -2.39. The van der Waals surface area contributed by atoms with E-state index in [0.29, 0.717) is 17.9 Å². The highest BCUT2D eigenvalue weighted by molar-refractivity contribution is 5.77. The molecule has 0 radical (unpaired) electrons. The maximum atomic E-state index is 11.5. The van der Waals surface area contributed by atoms with Gasteiger partial charge < -0.3 is 20.1 Å². The van der Waals surface area contributed by atoms with Gasteiger partial charge in [-0.1, -0.05) is 0 Å². The van der Waals surface area contributed by atoms with Crippen molar-refractivity contribution in [3.05, 3.63) is 29.8 Å². The summed E-state index contributed by atoms with van der Waals surface area (Å²) in [5, 5.41) is 21.3. The lowest BCUT2D eigenvalue weighted by atomic mass is 10.2. The van der Waals surface area contributed by atoms with Crippen LogP contribution in [-0.2, 0) is 4.79 Å². The molecule has 1 aromatic rings. The fourth-order valence-corrected chi connectivity index (χ4v) is 1.53. The predicted octanol–water partition coefficient (Wildman–Crippen LogP) is 0.366. The Kier molecular flexibility index (Phi) is 7.23. The van der Waals surface area contributed by atoms with Gasteiger partial charge in [0.15, 0.2) is 0 Å². The van der Waals surface area contributed by atoms with E-state index < -0.39 is 6.10 Å². The van der Waals surface area contributed by atoms with E-state index in [1.807, 2.05) is 13.0 Å². The molecule has 2 N–H and O–H groups in total. The second-order valence-corrected chi connectivity index (χ2v) is 4.64. The van der Waals surface area contributed by atoms with Crippen LogP contribution in [0.15, 0.2) is 24.3 Å². The average Bonchev–Trinajstić information content (AvgIpc) is 2.52. The van der Waals surface area contributed by atoms with Crippen molar-refractivity contribution in [2.75, 3.05) is 33.3 Å². The number of nitrogens with zero attached hydrogens (tertiary/aromatic N) is 2. The number of nitriles is 1. The summed E-state index contributed by atoms with van der Waals surface area (Å²) in [7, 11) is 1.73. The number of carbonyl (C=O) groups excluding carboxylic acids is 1. The Morgan fingerprint density at radius 3 is 2.71 bits per heavy atom. The fourth-order valence-electron chi connectivity index (χ4n) is 1.53. The molecular formula is C15H21N3O3. The quantitative estimate of drug-likeness (QED) is 0.722. The molecule has 21 heavy (non-hydrogen) atoms. The van der Waals surface area contributed by atoms with Gasteiger partial charge in [0.05, 0.1) is 18.2 Å². The molecule has 0 aliphatic carbocycles. The molecule has 114 valence electrons. The van der Waals surface area contributed by atoms with E-state index in [9.17, 15) is 9.90 Å². The van der Waals surface area contributed by atoms with Crippen LogP contribution in [0.25, 0.3) is 0 Å². The highest BCUT2D eigenvalue weighted by Gasteiger charge is 2.09. The van der Waals surface area contributed by atoms with E-state index in [2.05, 4.69) is 5.32 Å². The molecule has 0 aliphatic heterocycles. The Balaban J connectivity index is 2.23. The number of likely N-dealkylation sites (N-methyl/N-ethyl adjacent to an activating group) is 1. The molecule has 1 amide bonds. The molecule has 0 aromatic heterocycles. The van der Waals surface area contributed by atoms with Gasteiger partial charge in [0.1, 0.15) is 18.5 Å². The number of carbonyl (C=O) groups is 1. The van der Waals surface area contributed by atoms with Gasteiger partial charge in [0.25, 0.3) is 0 Å². The lowest BCUT2D eigenvalue weighted by molar-refractivity contribution is -0.128. The van der Waals surface area contributed by atoms with Crippen LogP contribution in [0, 0.1) is 11.3 Å². The van der Waals surface area contributed by atoms with E-state index in [-0.39, 0.29) is 25.6 Å². The van der Waals surface area contributed by atoms with Gasteiger partial charge in [0.2, 0.25) is 5.91 Å². The number of amides is 1. The normalized spacial score (nSPS) is 11.5. The minimum absolute atomic E-state index is 0.0160. The van der Waals surface area contributed by atoms with Crippen LogP contribution in [-0.4, -0.2) is 55.3 Å². The first-order chi connectivity index (χ1) is 10.1. The molecule has 0 heterocycles. The van der Waals surface area contributed by atoms with Crippen molar-refractivity contribution in [1.29, 1.82) is 5.26 Å². The highest BCUT2D eigenvalue weighted by atomic mass is 16.5. The van der Waals surface area contributed by atoms with Gasteiger partial charge in [-0.05, 0) is 31.2 Å². The molecule has 0 spiro atoms. The third-order valence-electron chi connectivity index (χ3n) is 2.98. The maximum Gasteiger partial charge on any atom is 0.236 e. The van der Waals surface area contributed by atoms with Crippen molar-refractivity contribution in [3.8, 4) is 11.8 Å². The molecule has 6 heteroatoms. The molecule has 1 unspecified atom stereocenters. The minimum atomic E-state index is -0.708. The number of hydrogen-bond acceptors (Lipinski definition) is 5. The third kappa shape index (κ3) is 6.25. The predicted molar refractivity (Wildman–Crippen MR) is 78.8 cm³/mol. The first-order valence-electron chi connectivity index (χ1n) is 6.82.